The number of aromatic carboxylic acids is 1. The maximum Gasteiger partial charge on any atom is 0.337 e. The normalized spacial score (nSPS) is 12.5. The fourth-order valence-electron chi connectivity index (χ4n) is 1.39. The van der Waals surface area contributed by atoms with E-state index in [-0.39, 0.29) is 17.9 Å². The molecule has 1 aromatic rings. The first-order valence-corrected chi connectivity index (χ1v) is 4.42. The number of nitrogens with two attached hydrogens (primary N) is 1. The van der Waals surface area contributed by atoms with Crippen LogP contribution in [0.3, 0.4) is 0 Å². The van der Waals surface area contributed by atoms with Crippen LogP contribution in [0.15, 0.2) is 12.1 Å². The third-order valence-corrected chi connectivity index (χ3v) is 2.16. The fraction of sp³-hybridized carbons (Fsp3) is 0.300. The van der Waals surface area contributed by atoms with Gasteiger partial charge in [0.15, 0.2) is 0 Å². The first kappa shape index (κ1) is 11.5. The van der Waals surface area contributed by atoms with Gasteiger partial charge in [0.25, 0.3) is 0 Å². The number of aliphatic hydroxyl groups is 2. The standard InChI is InChI=1S/C10H13NO4/c1-5(13)7-3-9(11)8(10(14)15)2-6(7)4-12/h2-3,5,12-13H,4,11H2,1H3,(H,14,15). The lowest BCUT2D eigenvalue weighted by Crippen LogP contribution is -2.07. The van der Waals surface area contributed by atoms with Crippen molar-refractivity contribution in [3.8, 4) is 0 Å². The maximum absolute atomic E-state index is 10.7. The molecule has 0 radical (unpaired) electrons. The van der Waals surface area contributed by atoms with Gasteiger partial charge in [-0.2, -0.15) is 0 Å². The van der Waals surface area contributed by atoms with Crippen LogP contribution >= 0.6 is 0 Å². The summed E-state index contributed by atoms with van der Waals surface area (Å²) in [6, 6.07) is 2.65. The van der Waals surface area contributed by atoms with Crippen LogP contribution in [0.2, 0.25) is 0 Å². The summed E-state index contributed by atoms with van der Waals surface area (Å²) in [6.07, 6.45) is -0.794. The summed E-state index contributed by atoms with van der Waals surface area (Å²) in [4.78, 5) is 10.7. The zero-order valence-electron chi connectivity index (χ0n) is 8.27. The molecule has 1 rings (SSSR count). The van der Waals surface area contributed by atoms with Crippen LogP contribution in [0.4, 0.5) is 5.69 Å². The van der Waals surface area contributed by atoms with Gasteiger partial charge in [-0.1, -0.05) is 0 Å². The molecule has 0 aliphatic carbocycles. The number of anilines is 1. The Morgan fingerprint density at radius 1 is 1.53 bits per heavy atom. The van der Waals surface area contributed by atoms with Crippen molar-refractivity contribution in [2.24, 2.45) is 0 Å². The molecule has 0 aromatic heterocycles. The van der Waals surface area contributed by atoms with E-state index in [2.05, 4.69) is 0 Å². The monoisotopic (exact) mass is 211 g/mol. The van der Waals surface area contributed by atoms with Gasteiger partial charge in [0.2, 0.25) is 0 Å². The molecular weight excluding hydrogens is 198 g/mol. The summed E-state index contributed by atoms with van der Waals surface area (Å²) >= 11 is 0. The Hall–Kier alpha value is -1.59. The van der Waals surface area contributed by atoms with Crippen molar-refractivity contribution in [1.82, 2.24) is 0 Å². The average Bonchev–Trinajstić information content (AvgIpc) is 2.16. The second-order valence-electron chi connectivity index (χ2n) is 3.28. The van der Waals surface area contributed by atoms with Crippen molar-refractivity contribution in [3.63, 3.8) is 0 Å². The summed E-state index contributed by atoms with van der Waals surface area (Å²) in [5, 5.41) is 27.2. The van der Waals surface area contributed by atoms with Crippen molar-refractivity contribution in [2.45, 2.75) is 19.6 Å². The lowest BCUT2D eigenvalue weighted by Gasteiger charge is -2.13. The molecule has 0 heterocycles. The molecule has 1 aromatic carbocycles. The predicted molar refractivity (Wildman–Crippen MR) is 54.4 cm³/mol. The number of hydrogen-bond donors (Lipinski definition) is 4. The number of nitrogen functional groups attached to an aromatic ring is 1. The Labute approximate surface area is 86.8 Å². The minimum atomic E-state index is -1.15. The van der Waals surface area contributed by atoms with Crippen LogP contribution in [-0.4, -0.2) is 21.3 Å². The Balaban J connectivity index is 3.35. The molecule has 15 heavy (non-hydrogen) atoms. The highest BCUT2D eigenvalue weighted by atomic mass is 16.4. The van der Waals surface area contributed by atoms with E-state index in [0.29, 0.717) is 11.1 Å². The highest BCUT2D eigenvalue weighted by Crippen LogP contribution is 2.24. The second-order valence-corrected chi connectivity index (χ2v) is 3.28. The maximum atomic E-state index is 10.7. The first-order valence-electron chi connectivity index (χ1n) is 4.42. The third kappa shape index (κ3) is 2.26. The smallest absolute Gasteiger partial charge is 0.337 e. The zero-order valence-corrected chi connectivity index (χ0v) is 8.27. The molecule has 5 heteroatoms. The summed E-state index contributed by atoms with van der Waals surface area (Å²) in [5.41, 5.74) is 6.34. The summed E-state index contributed by atoms with van der Waals surface area (Å²) < 4.78 is 0. The Morgan fingerprint density at radius 2 is 2.13 bits per heavy atom. The van der Waals surface area contributed by atoms with Crippen molar-refractivity contribution < 1.29 is 20.1 Å². The molecule has 0 aliphatic heterocycles. The molecule has 82 valence electrons. The number of aliphatic hydroxyl groups excluding tert-OH is 2. The molecule has 0 fully saturated rings. The molecule has 0 spiro atoms. The fourth-order valence-corrected chi connectivity index (χ4v) is 1.39. The number of benzene rings is 1. The van der Waals surface area contributed by atoms with Gasteiger partial charge in [0.05, 0.1) is 18.3 Å². The van der Waals surface area contributed by atoms with Crippen molar-refractivity contribution in [3.05, 3.63) is 28.8 Å². The van der Waals surface area contributed by atoms with E-state index in [1.54, 1.807) is 0 Å². The predicted octanol–water partition coefficient (Wildman–Crippen LogP) is 0.513. The van der Waals surface area contributed by atoms with E-state index in [4.69, 9.17) is 15.9 Å². The SMILES string of the molecule is CC(O)c1cc(N)c(C(=O)O)cc1CO. The molecule has 0 saturated carbocycles. The number of carboxylic acids is 1. The lowest BCUT2D eigenvalue weighted by molar-refractivity contribution is 0.0697. The van der Waals surface area contributed by atoms with Crippen LogP contribution in [0.25, 0.3) is 0 Å². The molecule has 1 atom stereocenters. The van der Waals surface area contributed by atoms with Crippen LogP contribution < -0.4 is 5.73 Å². The Kier molecular flexibility index (Phi) is 3.28. The van der Waals surface area contributed by atoms with Gasteiger partial charge < -0.3 is 21.1 Å². The molecule has 0 bridgehead atoms. The van der Waals surface area contributed by atoms with Crippen molar-refractivity contribution in [1.29, 1.82) is 0 Å². The van der Waals surface area contributed by atoms with Gasteiger partial charge in [-0.05, 0) is 30.2 Å². The van der Waals surface area contributed by atoms with Gasteiger partial charge >= 0.3 is 5.97 Å². The highest BCUT2D eigenvalue weighted by Gasteiger charge is 2.14. The largest absolute Gasteiger partial charge is 0.478 e. The summed E-state index contributed by atoms with van der Waals surface area (Å²) in [6.45, 7) is 1.19. The van der Waals surface area contributed by atoms with Gasteiger partial charge in [-0.25, -0.2) is 4.79 Å². The van der Waals surface area contributed by atoms with Gasteiger partial charge in [-0.3, -0.25) is 0 Å². The van der Waals surface area contributed by atoms with E-state index in [9.17, 15) is 9.90 Å². The van der Waals surface area contributed by atoms with Gasteiger partial charge in [-0.15, -0.1) is 0 Å². The van der Waals surface area contributed by atoms with Crippen molar-refractivity contribution >= 4 is 11.7 Å². The Bertz CT molecular complexity index is 387. The summed E-state index contributed by atoms with van der Waals surface area (Å²) in [7, 11) is 0. The van der Waals surface area contributed by atoms with E-state index < -0.39 is 12.1 Å². The number of carboxylic acid groups (broad SMARTS) is 1. The molecule has 0 saturated heterocycles. The minimum absolute atomic E-state index is 0.0662. The van der Waals surface area contributed by atoms with Crippen molar-refractivity contribution in [2.75, 3.05) is 5.73 Å². The van der Waals surface area contributed by atoms with Crippen LogP contribution in [0.1, 0.15) is 34.5 Å². The molecule has 5 N–H and O–H groups in total. The van der Waals surface area contributed by atoms with Crippen LogP contribution in [-0.2, 0) is 6.61 Å². The quantitative estimate of drug-likeness (QED) is 0.545. The van der Waals surface area contributed by atoms with E-state index in [0.717, 1.165) is 0 Å². The molecule has 5 nitrogen and oxygen atoms in total. The van der Waals surface area contributed by atoms with Gasteiger partial charge in [0, 0.05) is 5.69 Å². The highest BCUT2D eigenvalue weighted by molar-refractivity contribution is 5.94. The van der Waals surface area contributed by atoms with E-state index in [1.165, 1.54) is 19.1 Å². The number of hydrogen-bond acceptors (Lipinski definition) is 4. The molecule has 0 amide bonds. The molecule has 1 unspecified atom stereocenters. The minimum Gasteiger partial charge on any atom is -0.478 e. The first-order chi connectivity index (χ1) is 6.97. The van der Waals surface area contributed by atoms with Crippen LogP contribution in [0, 0.1) is 0 Å². The second kappa shape index (κ2) is 4.29. The number of carbonyl (C=O) groups is 1. The third-order valence-electron chi connectivity index (χ3n) is 2.16. The van der Waals surface area contributed by atoms with Gasteiger partial charge in [0.1, 0.15) is 0 Å². The molecular formula is C10H13NO4. The van der Waals surface area contributed by atoms with Crippen LogP contribution in [0.5, 0.6) is 0 Å². The molecule has 0 aliphatic rings. The van der Waals surface area contributed by atoms with E-state index >= 15 is 0 Å². The topological polar surface area (TPSA) is 104 Å². The number of rotatable bonds is 3. The zero-order chi connectivity index (χ0) is 11.6. The van der Waals surface area contributed by atoms with E-state index in [1.807, 2.05) is 0 Å². The Morgan fingerprint density at radius 3 is 2.53 bits per heavy atom. The summed E-state index contributed by atoms with van der Waals surface area (Å²) in [5.74, 6) is -1.15. The average molecular weight is 211 g/mol. The lowest BCUT2D eigenvalue weighted by atomic mass is 9.99.